The van der Waals surface area contributed by atoms with E-state index in [1.54, 1.807) is 38.4 Å². The molecule has 98 valence electrons. The van der Waals surface area contributed by atoms with Gasteiger partial charge < -0.3 is 9.47 Å². The highest BCUT2D eigenvalue weighted by atomic mass is 16.5. The first kappa shape index (κ1) is 13.1. The van der Waals surface area contributed by atoms with Crippen LogP contribution in [0.3, 0.4) is 0 Å². The summed E-state index contributed by atoms with van der Waals surface area (Å²) in [4.78, 5) is 16.1. The largest absolute Gasteiger partial charge is 0.494 e. The Morgan fingerprint density at radius 3 is 2.84 bits per heavy atom. The van der Waals surface area contributed by atoms with Crippen LogP contribution in [-0.4, -0.2) is 24.7 Å². The van der Waals surface area contributed by atoms with E-state index in [0.717, 1.165) is 10.9 Å². The zero-order valence-corrected chi connectivity index (χ0v) is 11.0. The van der Waals surface area contributed by atoms with Crippen LogP contribution in [0.1, 0.15) is 22.8 Å². The summed E-state index contributed by atoms with van der Waals surface area (Å²) >= 11 is 0. The molecule has 1 aromatic heterocycles. The predicted molar refractivity (Wildman–Crippen MR) is 74.3 cm³/mol. The molecule has 0 bridgehead atoms. The van der Waals surface area contributed by atoms with Gasteiger partial charge >= 0.3 is 5.97 Å². The van der Waals surface area contributed by atoms with Gasteiger partial charge in [0, 0.05) is 11.6 Å². The lowest BCUT2D eigenvalue weighted by Gasteiger charge is -2.08. The number of aromatic nitrogens is 1. The molecule has 0 fully saturated rings. The molecule has 0 atom stereocenters. The van der Waals surface area contributed by atoms with E-state index in [4.69, 9.17) is 9.47 Å². The first-order chi connectivity index (χ1) is 9.19. The zero-order chi connectivity index (χ0) is 13.8. The number of methoxy groups -OCH3 is 1. The van der Waals surface area contributed by atoms with Gasteiger partial charge in [0.05, 0.1) is 19.3 Å². The molecule has 4 nitrogen and oxygen atoms in total. The minimum Gasteiger partial charge on any atom is -0.494 e. The van der Waals surface area contributed by atoms with Crippen LogP contribution < -0.4 is 4.74 Å². The first-order valence-electron chi connectivity index (χ1n) is 5.97. The van der Waals surface area contributed by atoms with Crippen LogP contribution in [0.25, 0.3) is 17.0 Å². The van der Waals surface area contributed by atoms with Crippen molar-refractivity contribution in [3.05, 3.63) is 42.1 Å². The summed E-state index contributed by atoms with van der Waals surface area (Å²) in [5.41, 5.74) is 2.05. The number of nitrogens with zero attached hydrogens (tertiary/aromatic N) is 1. The lowest BCUT2D eigenvalue weighted by Crippen LogP contribution is -2.05. The van der Waals surface area contributed by atoms with E-state index in [0.29, 0.717) is 23.4 Å². The van der Waals surface area contributed by atoms with Gasteiger partial charge in [-0.25, -0.2) is 4.79 Å². The number of esters is 1. The van der Waals surface area contributed by atoms with Crippen molar-refractivity contribution in [3.63, 3.8) is 0 Å². The highest BCUT2D eigenvalue weighted by Crippen LogP contribution is 2.27. The second kappa shape index (κ2) is 5.52. The van der Waals surface area contributed by atoms with E-state index in [1.807, 2.05) is 6.07 Å². The maximum absolute atomic E-state index is 11.8. The minimum absolute atomic E-state index is 0.337. The van der Waals surface area contributed by atoms with Gasteiger partial charge in [0.15, 0.2) is 0 Å². The monoisotopic (exact) mass is 257 g/mol. The van der Waals surface area contributed by atoms with Gasteiger partial charge in [0.1, 0.15) is 11.3 Å². The Morgan fingerprint density at radius 2 is 2.21 bits per heavy atom. The average Bonchev–Trinajstić information content (AvgIpc) is 2.45. The number of rotatable bonds is 4. The summed E-state index contributed by atoms with van der Waals surface area (Å²) < 4.78 is 10.3. The molecule has 0 radical (unpaired) electrons. The Labute approximate surface area is 111 Å². The van der Waals surface area contributed by atoms with Crippen LogP contribution in [0, 0.1) is 0 Å². The molecule has 0 aliphatic carbocycles. The molecule has 1 aromatic carbocycles. The predicted octanol–water partition coefficient (Wildman–Crippen LogP) is 3.06. The Hall–Kier alpha value is -2.36. The van der Waals surface area contributed by atoms with E-state index < -0.39 is 0 Å². The van der Waals surface area contributed by atoms with Crippen molar-refractivity contribution in [2.75, 3.05) is 13.7 Å². The van der Waals surface area contributed by atoms with Crippen molar-refractivity contribution in [1.29, 1.82) is 0 Å². The third kappa shape index (κ3) is 2.57. The fourth-order valence-electron chi connectivity index (χ4n) is 1.83. The highest BCUT2D eigenvalue weighted by Gasteiger charge is 2.12. The summed E-state index contributed by atoms with van der Waals surface area (Å²) in [5.74, 6) is 0.183. The molecule has 0 aliphatic heterocycles. The molecule has 0 unspecified atom stereocenters. The van der Waals surface area contributed by atoms with Gasteiger partial charge in [-0.3, -0.25) is 4.98 Å². The third-order valence-electron chi connectivity index (χ3n) is 2.74. The Morgan fingerprint density at radius 1 is 1.42 bits per heavy atom. The molecule has 0 saturated carbocycles. The van der Waals surface area contributed by atoms with E-state index >= 15 is 0 Å². The normalized spacial score (nSPS) is 10.2. The van der Waals surface area contributed by atoms with Crippen molar-refractivity contribution in [1.82, 2.24) is 4.98 Å². The van der Waals surface area contributed by atoms with E-state index in [9.17, 15) is 4.79 Å². The average molecular weight is 257 g/mol. The maximum Gasteiger partial charge on any atom is 0.338 e. The molecule has 0 amide bonds. The second-order valence-electron chi connectivity index (χ2n) is 3.94. The second-order valence-corrected chi connectivity index (χ2v) is 3.94. The molecule has 19 heavy (non-hydrogen) atoms. The number of benzene rings is 1. The summed E-state index contributed by atoms with van der Waals surface area (Å²) in [6.45, 7) is 5.81. The van der Waals surface area contributed by atoms with Crippen LogP contribution in [0.5, 0.6) is 5.75 Å². The van der Waals surface area contributed by atoms with Crippen molar-refractivity contribution in [2.24, 2.45) is 0 Å². The van der Waals surface area contributed by atoms with E-state index in [-0.39, 0.29) is 5.97 Å². The number of fused-ring (bicyclic) bond motifs is 1. The molecule has 0 spiro atoms. The Kier molecular flexibility index (Phi) is 3.80. The zero-order valence-electron chi connectivity index (χ0n) is 11.0. The van der Waals surface area contributed by atoms with Crippen molar-refractivity contribution >= 4 is 22.9 Å². The van der Waals surface area contributed by atoms with Crippen LogP contribution >= 0.6 is 0 Å². The Bertz CT molecular complexity index is 635. The number of pyridine rings is 1. The topological polar surface area (TPSA) is 48.4 Å². The number of carbonyl (C=O) groups excluding carboxylic acids is 1. The SMILES string of the molecule is C=Cc1cnc2c(OC)cc(C(=O)OCC)cc2c1. The molecular formula is C15H15NO3. The maximum atomic E-state index is 11.8. The van der Waals surface area contributed by atoms with Crippen LogP contribution in [0.15, 0.2) is 31.0 Å². The smallest absolute Gasteiger partial charge is 0.338 e. The molecule has 0 saturated heterocycles. The fraction of sp³-hybridized carbons (Fsp3) is 0.200. The summed E-state index contributed by atoms with van der Waals surface area (Å²) in [5, 5.41) is 0.819. The fourth-order valence-corrected chi connectivity index (χ4v) is 1.83. The minimum atomic E-state index is -0.369. The van der Waals surface area contributed by atoms with Gasteiger partial charge in [-0.1, -0.05) is 12.7 Å². The van der Waals surface area contributed by atoms with Crippen molar-refractivity contribution < 1.29 is 14.3 Å². The van der Waals surface area contributed by atoms with Crippen LogP contribution in [0.2, 0.25) is 0 Å². The molecule has 1 heterocycles. The summed E-state index contributed by atoms with van der Waals surface area (Å²) in [6, 6.07) is 5.29. The Balaban J connectivity index is 2.62. The van der Waals surface area contributed by atoms with Gasteiger partial charge in [0.25, 0.3) is 0 Å². The first-order valence-corrected chi connectivity index (χ1v) is 5.97. The number of ether oxygens (including phenoxy) is 2. The van der Waals surface area contributed by atoms with Gasteiger partial charge in [-0.05, 0) is 30.7 Å². The molecule has 4 heteroatoms. The number of hydrogen-bond acceptors (Lipinski definition) is 4. The number of carbonyl (C=O) groups is 1. The van der Waals surface area contributed by atoms with Gasteiger partial charge in [-0.2, -0.15) is 0 Å². The van der Waals surface area contributed by atoms with Crippen molar-refractivity contribution in [2.45, 2.75) is 6.92 Å². The molecule has 0 N–H and O–H groups in total. The molecule has 2 aromatic rings. The van der Waals surface area contributed by atoms with E-state index in [2.05, 4.69) is 11.6 Å². The van der Waals surface area contributed by atoms with E-state index in [1.165, 1.54) is 0 Å². The number of hydrogen-bond donors (Lipinski definition) is 0. The third-order valence-corrected chi connectivity index (χ3v) is 2.74. The quantitative estimate of drug-likeness (QED) is 0.790. The van der Waals surface area contributed by atoms with Gasteiger partial charge in [-0.15, -0.1) is 0 Å². The standard InChI is InChI=1S/C15H15NO3/c1-4-10-6-11-7-12(15(17)19-5-2)8-13(18-3)14(11)16-9-10/h4,6-9H,1,5H2,2-3H3. The summed E-state index contributed by atoms with van der Waals surface area (Å²) in [7, 11) is 1.55. The van der Waals surface area contributed by atoms with Crippen molar-refractivity contribution in [3.8, 4) is 5.75 Å². The molecule has 0 aliphatic rings. The van der Waals surface area contributed by atoms with Crippen LogP contribution in [0.4, 0.5) is 0 Å². The highest BCUT2D eigenvalue weighted by molar-refractivity contribution is 5.97. The lowest BCUT2D eigenvalue weighted by molar-refractivity contribution is 0.0526. The van der Waals surface area contributed by atoms with Gasteiger partial charge in [0.2, 0.25) is 0 Å². The molecular weight excluding hydrogens is 242 g/mol. The van der Waals surface area contributed by atoms with Crippen LogP contribution in [-0.2, 0) is 4.74 Å². The molecule has 2 rings (SSSR count). The lowest BCUT2D eigenvalue weighted by atomic mass is 10.1. The summed E-state index contributed by atoms with van der Waals surface area (Å²) in [6.07, 6.45) is 3.41.